The van der Waals surface area contributed by atoms with Crippen molar-refractivity contribution in [3.8, 4) is 0 Å². The van der Waals surface area contributed by atoms with Crippen LogP contribution in [0.25, 0.3) is 0 Å². The van der Waals surface area contributed by atoms with Crippen LogP contribution in [0.3, 0.4) is 0 Å². The molecule has 2 fully saturated rings. The summed E-state index contributed by atoms with van der Waals surface area (Å²) in [5.41, 5.74) is 0. The van der Waals surface area contributed by atoms with Crippen LogP contribution in [0.2, 0.25) is 0 Å². The second-order valence-corrected chi connectivity index (χ2v) is 4.96. The van der Waals surface area contributed by atoms with Crippen molar-refractivity contribution in [1.82, 2.24) is 4.90 Å². The number of aliphatic carboxylic acids is 1. The van der Waals surface area contributed by atoms with Crippen LogP contribution in [0, 0.1) is 17.8 Å². The van der Waals surface area contributed by atoms with Gasteiger partial charge >= 0.3 is 12.1 Å². The molecule has 0 spiro atoms. The molecule has 18 heavy (non-hydrogen) atoms. The van der Waals surface area contributed by atoms with Crippen molar-refractivity contribution in [2.75, 3.05) is 13.1 Å². The molecule has 1 aliphatic heterocycles. The van der Waals surface area contributed by atoms with Crippen LogP contribution < -0.4 is 0 Å². The first-order valence-corrected chi connectivity index (χ1v) is 5.89. The molecule has 1 saturated heterocycles. The minimum Gasteiger partial charge on any atom is -0.481 e. The quantitative estimate of drug-likeness (QED) is 0.823. The summed E-state index contributed by atoms with van der Waals surface area (Å²) in [5.74, 6) is -5.49. The van der Waals surface area contributed by atoms with Gasteiger partial charge in [-0.05, 0) is 12.8 Å². The average molecular weight is 265 g/mol. The number of carboxylic acids is 1. The molecular formula is C11H14F3NO3. The van der Waals surface area contributed by atoms with Crippen LogP contribution in [0.4, 0.5) is 13.2 Å². The average Bonchev–Trinajstić information content (AvgIpc) is 2.57. The molecule has 1 saturated carbocycles. The van der Waals surface area contributed by atoms with Gasteiger partial charge in [-0.1, -0.05) is 6.42 Å². The van der Waals surface area contributed by atoms with Crippen molar-refractivity contribution >= 4 is 11.9 Å². The van der Waals surface area contributed by atoms with Crippen LogP contribution in [-0.2, 0) is 9.59 Å². The van der Waals surface area contributed by atoms with E-state index in [1.807, 2.05) is 0 Å². The highest BCUT2D eigenvalue weighted by Crippen LogP contribution is 2.39. The van der Waals surface area contributed by atoms with Gasteiger partial charge in [0, 0.05) is 19.0 Å². The summed E-state index contributed by atoms with van der Waals surface area (Å²) in [5, 5.41) is 8.82. The Morgan fingerprint density at radius 1 is 1.17 bits per heavy atom. The van der Waals surface area contributed by atoms with Crippen molar-refractivity contribution in [2.45, 2.75) is 25.4 Å². The molecule has 0 aromatic carbocycles. The molecule has 0 unspecified atom stereocenters. The van der Waals surface area contributed by atoms with Crippen molar-refractivity contribution in [3.63, 3.8) is 0 Å². The van der Waals surface area contributed by atoms with E-state index in [2.05, 4.69) is 0 Å². The van der Waals surface area contributed by atoms with E-state index in [1.54, 1.807) is 0 Å². The third-order valence-corrected chi connectivity index (χ3v) is 3.82. The number of hydrogen-bond acceptors (Lipinski definition) is 2. The molecule has 0 radical (unpaired) electrons. The number of nitrogens with zero attached hydrogens (tertiary/aromatic N) is 1. The zero-order valence-electron chi connectivity index (χ0n) is 9.61. The van der Waals surface area contributed by atoms with Gasteiger partial charge in [-0.3, -0.25) is 9.59 Å². The zero-order chi connectivity index (χ0) is 13.5. The molecule has 2 atom stereocenters. The fourth-order valence-corrected chi connectivity index (χ4v) is 2.48. The van der Waals surface area contributed by atoms with Gasteiger partial charge < -0.3 is 10.0 Å². The van der Waals surface area contributed by atoms with Gasteiger partial charge in [-0.25, -0.2) is 0 Å². The maximum absolute atomic E-state index is 12.7. The largest absolute Gasteiger partial charge is 0.481 e. The lowest BCUT2D eigenvalue weighted by Crippen LogP contribution is -2.38. The molecule has 0 aromatic rings. The van der Waals surface area contributed by atoms with Gasteiger partial charge in [0.2, 0.25) is 5.91 Å². The number of hydrogen-bond donors (Lipinski definition) is 1. The Hall–Kier alpha value is -1.27. The summed E-state index contributed by atoms with van der Waals surface area (Å²) in [4.78, 5) is 23.7. The predicted octanol–water partition coefficient (Wildman–Crippen LogP) is 1.51. The van der Waals surface area contributed by atoms with Gasteiger partial charge in [0.15, 0.2) is 0 Å². The second kappa shape index (κ2) is 4.44. The van der Waals surface area contributed by atoms with E-state index >= 15 is 0 Å². The molecule has 0 aromatic heterocycles. The number of rotatable bonds is 2. The Labute approximate surface area is 102 Å². The van der Waals surface area contributed by atoms with Gasteiger partial charge in [-0.15, -0.1) is 0 Å². The Kier molecular flexibility index (Phi) is 3.25. The van der Waals surface area contributed by atoms with E-state index in [4.69, 9.17) is 5.11 Å². The Morgan fingerprint density at radius 3 is 2.11 bits per heavy atom. The van der Waals surface area contributed by atoms with Crippen molar-refractivity contribution in [2.24, 2.45) is 17.8 Å². The lowest BCUT2D eigenvalue weighted by Gasteiger charge is -2.29. The van der Waals surface area contributed by atoms with Gasteiger partial charge in [0.1, 0.15) is 0 Å². The van der Waals surface area contributed by atoms with E-state index in [1.165, 1.54) is 0 Å². The summed E-state index contributed by atoms with van der Waals surface area (Å²) in [6.45, 7) is -0.843. The number of carbonyl (C=O) groups is 2. The van der Waals surface area contributed by atoms with Crippen molar-refractivity contribution in [1.29, 1.82) is 0 Å². The topological polar surface area (TPSA) is 57.6 Å². The normalized spacial score (nSPS) is 29.2. The van der Waals surface area contributed by atoms with E-state index in [-0.39, 0.29) is 18.4 Å². The molecule has 2 rings (SSSR count). The van der Waals surface area contributed by atoms with Crippen LogP contribution in [0.1, 0.15) is 19.3 Å². The van der Waals surface area contributed by atoms with E-state index in [0.717, 1.165) is 11.3 Å². The highest BCUT2D eigenvalue weighted by molar-refractivity contribution is 5.81. The molecule has 1 N–H and O–H groups in total. The highest BCUT2D eigenvalue weighted by Gasteiger charge is 2.54. The molecule has 0 bridgehead atoms. The fraction of sp³-hybridized carbons (Fsp3) is 0.818. The van der Waals surface area contributed by atoms with Crippen LogP contribution in [0.15, 0.2) is 0 Å². The standard InChI is InChI=1S/C11H14F3NO3/c12-11(13,14)8-5-15(4-7(8)10(17)18)9(16)6-2-1-3-6/h6-8H,1-5H2,(H,17,18)/t7-,8-/m1/s1. The molecule has 1 heterocycles. The van der Waals surface area contributed by atoms with Crippen LogP contribution in [-0.4, -0.2) is 41.1 Å². The van der Waals surface area contributed by atoms with Crippen molar-refractivity contribution < 1.29 is 27.9 Å². The van der Waals surface area contributed by atoms with E-state index in [0.29, 0.717) is 12.8 Å². The van der Waals surface area contributed by atoms with Gasteiger partial charge in [0.05, 0.1) is 11.8 Å². The van der Waals surface area contributed by atoms with Gasteiger partial charge in [0.25, 0.3) is 0 Å². The van der Waals surface area contributed by atoms with Crippen LogP contribution >= 0.6 is 0 Å². The number of alkyl halides is 3. The molecule has 7 heteroatoms. The number of amides is 1. The molecule has 102 valence electrons. The number of halogens is 3. The third kappa shape index (κ3) is 2.30. The number of carboxylic acid groups (broad SMARTS) is 1. The number of likely N-dealkylation sites (tertiary alicyclic amines) is 1. The van der Waals surface area contributed by atoms with Crippen LogP contribution in [0.5, 0.6) is 0 Å². The fourth-order valence-electron chi connectivity index (χ4n) is 2.48. The monoisotopic (exact) mass is 265 g/mol. The summed E-state index contributed by atoms with van der Waals surface area (Å²) in [6.07, 6.45) is -2.26. The first-order chi connectivity index (χ1) is 8.30. The zero-order valence-corrected chi connectivity index (χ0v) is 9.61. The maximum Gasteiger partial charge on any atom is 0.394 e. The Morgan fingerprint density at radius 2 is 1.78 bits per heavy atom. The summed E-state index contributed by atoms with van der Waals surface area (Å²) in [6, 6.07) is 0. The first-order valence-electron chi connectivity index (χ1n) is 5.89. The molecular weight excluding hydrogens is 251 g/mol. The lowest BCUT2D eigenvalue weighted by molar-refractivity contribution is -0.188. The minimum atomic E-state index is -4.57. The Balaban J connectivity index is 2.09. The SMILES string of the molecule is O=C(O)[C@@H]1CN(C(=O)C2CCC2)C[C@H]1C(F)(F)F. The molecule has 1 aliphatic carbocycles. The second-order valence-electron chi connectivity index (χ2n) is 4.96. The minimum absolute atomic E-state index is 0.202. The number of carbonyl (C=O) groups excluding carboxylic acids is 1. The lowest BCUT2D eigenvalue weighted by atomic mass is 9.84. The van der Waals surface area contributed by atoms with E-state index < -0.39 is 30.5 Å². The van der Waals surface area contributed by atoms with E-state index in [9.17, 15) is 22.8 Å². The third-order valence-electron chi connectivity index (χ3n) is 3.82. The Bertz CT molecular complexity index is 365. The van der Waals surface area contributed by atoms with Crippen molar-refractivity contribution in [3.05, 3.63) is 0 Å². The smallest absolute Gasteiger partial charge is 0.394 e. The summed E-state index contributed by atoms with van der Waals surface area (Å²) < 4.78 is 38.1. The summed E-state index contributed by atoms with van der Waals surface area (Å²) in [7, 11) is 0. The summed E-state index contributed by atoms with van der Waals surface area (Å²) >= 11 is 0. The molecule has 1 amide bonds. The molecule has 2 aliphatic rings. The highest BCUT2D eigenvalue weighted by atomic mass is 19.4. The maximum atomic E-state index is 12.7. The molecule has 4 nitrogen and oxygen atoms in total. The van der Waals surface area contributed by atoms with Gasteiger partial charge in [-0.2, -0.15) is 13.2 Å². The first kappa shape index (κ1) is 13.2. The predicted molar refractivity (Wildman–Crippen MR) is 54.6 cm³/mol.